The molecule has 1 aliphatic heterocycles. The number of nitrogens with zero attached hydrogens (tertiary/aromatic N) is 1. The van der Waals surface area contributed by atoms with E-state index in [4.69, 9.17) is 5.73 Å². The Balaban J connectivity index is 1.65. The number of nitrogens with two attached hydrogens (primary N) is 1. The van der Waals surface area contributed by atoms with Crippen molar-refractivity contribution in [3.63, 3.8) is 0 Å². The van der Waals surface area contributed by atoms with E-state index < -0.39 is 15.3 Å². The van der Waals surface area contributed by atoms with Crippen LogP contribution < -0.4 is 15.4 Å². The van der Waals surface area contributed by atoms with Crippen LogP contribution in [0.4, 0.5) is 5.69 Å². The number of hydrogen-bond acceptors (Lipinski definition) is 4. The number of nitrogens with one attached hydrogen (secondary N) is 1. The Kier molecular flexibility index (Phi) is 7.15. The van der Waals surface area contributed by atoms with Crippen molar-refractivity contribution < 1.29 is 13.2 Å². The third-order valence-electron chi connectivity index (χ3n) is 5.60. The lowest BCUT2D eigenvalue weighted by Crippen LogP contribution is -2.30. The molecule has 1 amide bonds. The summed E-state index contributed by atoms with van der Waals surface area (Å²) < 4.78 is 28.9. The van der Waals surface area contributed by atoms with Crippen molar-refractivity contribution in [1.29, 1.82) is 0 Å². The van der Waals surface area contributed by atoms with Gasteiger partial charge < -0.3 is 10.6 Å². The lowest BCUT2D eigenvalue weighted by atomic mass is 10.0. The van der Waals surface area contributed by atoms with Crippen molar-refractivity contribution >= 4 is 21.6 Å². The number of carbonyl (C=O) groups excluding carboxylic acids is 1. The predicted octanol–water partition coefficient (Wildman–Crippen LogP) is 3.21. The van der Waals surface area contributed by atoms with Crippen LogP contribution in [-0.4, -0.2) is 27.4 Å². The van der Waals surface area contributed by atoms with Gasteiger partial charge >= 0.3 is 0 Å². The van der Waals surface area contributed by atoms with Crippen LogP contribution in [0.15, 0.2) is 54.6 Å². The van der Waals surface area contributed by atoms with Gasteiger partial charge in [0, 0.05) is 25.3 Å². The SMILES string of the molecule is CC(C)CC(c1ccccc1)S(=O)(=O)NCc1ccc(N2CC[C@H](C(N)=O)C2)cc1. The number of carbonyl (C=O) groups is 1. The molecular formula is C23H31N3O3S. The zero-order valence-electron chi connectivity index (χ0n) is 17.6. The highest BCUT2D eigenvalue weighted by Crippen LogP contribution is 2.29. The van der Waals surface area contributed by atoms with E-state index in [1.54, 1.807) is 0 Å². The summed E-state index contributed by atoms with van der Waals surface area (Å²) in [6.07, 6.45) is 1.34. The van der Waals surface area contributed by atoms with E-state index >= 15 is 0 Å². The van der Waals surface area contributed by atoms with Crippen LogP contribution in [0.5, 0.6) is 0 Å². The summed E-state index contributed by atoms with van der Waals surface area (Å²) in [6.45, 7) is 5.74. The standard InChI is InChI=1S/C23H31N3O3S/c1-17(2)14-22(19-6-4-3-5-7-19)30(28,29)25-15-18-8-10-21(11-9-18)26-13-12-20(16-26)23(24)27/h3-11,17,20,22,25H,12-16H2,1-2H3,(H2,24,27)/t20-,22?/m0/s1. The largest absolute Gasteiger partial charge is 0.371 e. The highest BCUT2D eigenvalue weighted by molar-refractivity contribution is 7.89. The zero-order valence-corrected chi connectivity index (χ0v) is 18.4. The maximum Gasteiger partial charge on any atom is 0.222 e. The van der Waals surface area contributed by atoms with Crippen molar-refractivity contribution in [1.82, 2.24) is 4.72 Å². The van der Waals surface area contributed by atoms with E-state index in [0.29, 0.717) is 13.0 Å². The molecule has 0 bridgehead atoms. The van der Waals surface area contributed by atoms with Gasteiger partial charge in [-0.05, 0) is 42.0 Å². The summed E-state index contributed by atoms with van der Waals surface area (Å²) >= 11 is 0. The summed E-state index contributed by atoms with van der Waals surface area (Å²) in [7, 11) is -3.52. The number of rotatable bonds is 9. The fourth-order valence-electron chi connectivity index (χ4n) is 3.87. The molecule has 2 aromatic rings. The molecule has 2 aromatic carbocycles. The molecule has 1 aliphatic rings. The molecule has 2 atom stereocenters. The number of amides is 1. The van der Waals surface area contributed by atoms with Crippen LogP contribution in [0.1, 0.15) is 43.1 Å². The van der Waals surface area contributed by atoms with E-state index in [2.05, 4.69) is 9.62 Å². The molecule has 1 fully saturated rings. The van der Waals surface area contributed by atoms with Crippen molar-refractivity contribution in [3.05, 3.63) is 65.7 Å². The highest BCUT2D eigenvalue weighted by atomic mass is 32.2. The van der Waals surface area contributed by atoms with Gasteiger partial charge in [-0.3, -0.25) is 4.79 Å². The quantitative estimate of drug-likeness (QED) is 0.640. The summed E-state index contributed by atoms with van der Waals surface area (Å²) in [4.78, 5) is 13.5. The molecule has 0 aliphatic carbocycles. The van der Waals surface area contributed by atoms with E-state index in [-0.39, 0.29) is 24.3 Å². The van der Waals surface area contributed by atoms with Crippen molar-refractivity contribution in [2.45, 2.75) is 38.5 Å². The van der Waals surface area contributed by atoms with Gasteiger partial charge in [0.25, 0.3) is 0 Å². The average molecular weight is 430 g/mol. The van der Waals surface area contributed by atoms with Crippen LogP contribution in [0.2, 0.25) is 0 Å². The predicted molar refractivity (Wildman–Crippen MR) is 120 cm³/mol. The third-order valence-corrected chi connectivity index (χ3v) is 7.36. The fourth-order valence-corrected chi connectivity index (χ4v) is 5.60. The van der Waals surface area contributed by atoms with Gasteiger partial charge in [-0.1, -0.05) is 56.3 Å². The average Bonchev–Trinajstić information content (AvgIpc) is 3.22. The van der Waals surface area contributed by atoms with Crippen molar-refractivity contribution in [3.8, 4) is 0 Å². The normalized spacial score (nSPS) is 18.0. The van der Waals surface area contributed by atoms with Crippen LogP contribution in [0.25, 0.3) is 0 Å². The molecule has 30 heavy (non-hydrogen) atoms. The number of anilines is 1. The monoisotopic (exact) mass is 429 g/mol. The van der Waals surface area contributed by atoms with Gasteiger partial charge in [0.15, 0.2) is 0 Å². The van der Waals surface area contributed by atoms with Gasteiger partial charge in [-0.2, -0.15) is 0 Å². The summed E-state index contributed by atoms with van der Waals surface area (Å²) in [5, 5.41) is -0.576. The number of sulfonamides is 1. The topological polar surface area (TPSA) is 92.5 Å². The maximum absolute atomic E-state index is 13.1. The molecule has 0 saturated carbocycles. The molecule has 1 unspecified atom stereocenters. The minimum atomic E-state index is -3.52. The third kappa shape index (κ3) is 5.61. The molecule has 3 N–H and O–H groups in total. The molecular weight excluding hydrogens is 398 g/mol. The Morgan fingerprint density at radius 1 is 1.13 bits per heavy atom. The molecule has 0 aromatic heterocycles. The smallest absolute Gasteiger partial charge is 0.222 e. The molecule has 3 rings (SSSR count). The van der Waals surface area contributed by atoms with E-state index in [0.717, 1.165) is 29.8 Å². The summed E-state index contributed by atoms with van der Waals surface area (Å²) in [5.74, 6) is -0.0963. The first-order valence-electron chi connectivity index (χ1n) is 10.4. The lowest BCUT2D eigenvalue weighted by molar-refractivity contribution is -0.121. The first kappa shape index (κ1) is 22.3. The Morgan fingerprint density at radius 2 is 1.80 bits per heavy atom. The van der Waals surface area contributed by atoms with Crippen LogP contribution >= 0.6 is 0 Å². The summed E-state index contributed by atoms with van der Waals surface area (Å²) in [5.41, 5.74) is 8.13. The number of benzene rings is 2. The minimum Gasteiger partial charge on any atom is -0.371 e. The Labute approximate surface area is 179 Å². The Morgan fingerprint density at radius 3 is 2.37 bits per heavy atom. The van der Waals surface area contributed by atoms with Crippen LogP contribution in [0.3, 0.4) is 0 Å². The van der Waals surface area contributed by atoms with Gasteiger partial charge in [0.2, 0.25) is 15.9 Å². The molecule has 1 saturated heterocycles. The second kappa shape index (κ2) is 9.62. The van der Waals surface area contributed by atoms with Gasteiger partial charge in [-0.25, -0.2) is 13.1 Å². The first-order valence-corrected chi connectivity index (χ1v) is 12.0. The molecule has 6 nitrogen and oxygen atoms in total. The van der Waals surface area contributed by atoms with E-state index in [9.17, 15) is 13.2 Å². The van der Waals surface area contributed by atoms with Gasteiger partial charge in [0.1, 0.15) is 5.25 Å². The first-order chi connectivity index (χ1) is 14.3. The maximum atomic E-state index is 13.1. The lowest BCUT2D eigenvalue weighted by Gasteiger charge is -2.21. The van der Waals surface area contributed by atoms with Crippen molar-refractivity contribution in [2.75, 3.05) is 18.0 Å². The van der Waals surface area contributed by atoms with Gasteiger partial charge in [0.05, 0.1) is 5.92 Å². The van der Waals surface area contributed by atoms with E-state index in [1.165, 1.54) is 0 Å². The van der Waals surface area contributed by atoms with Gasteiger partial charge in [-0.15, -0.1) is 0 Å². The Bertz CT molecular complexity index is 943. The molecule has 162 valence electrons. The molecule has 0 radical (unpaired) electrons. The van der Waals surface area contributed by atoms with Crippen LogP contribution in [0, 0.1) is 11.8 Å². The molecule has 0 spiro atoms. The fraction of sp³-hybridized carbons (Fsp3) is 0.435. The van der Waals surface area contributed by atoms with Crippen LogP contribution in [-0.2, 0) is 21.4 Å². The number of primary amides is 1. The highest BCUT2D eigenvalue weighted by Gasteiger charge is 2.28. The molecule has 7 heteroatoms. The summed E-state index contributed by atoms with van der Waals surface area (Å²) in [6, 6.07) is 17.2. The minimum absolute atomic E-state index is 0.104. The Hall–Kier alpha value is -2.38. The zero-order chi connectivity index (χ0) is 21.7. The molecule has 1 heterocycles. The van der Waals surface area contributed by atoms with Crippen molar-refractivity contribution in [2.24, 2.45) is 17.6 Å². The number of hydrogen-bond donors (Lipinski definition) is 2. The van der Waals surface area contributed by atoms with E-state index in [1.807, 2.05) is 68.4 Å². The second-order valence-electron chi connectivity index (χ2n) is 8.40. The second-order valence-corrected chi connectivity index (χ2v) is 10.3.